The maximum atomic E-state index is 5.68. The molecule has 0 spiro atoms. The van der Waals surface area contributed by atoms with Gasteiger partial charge < -0.3 is 15.4 Å². The number of nitrogens with one attached hydrogen (secondary N) is 2. The number of anilines is 1. The molecule has 0 unspecified atom stereocenters. The van der Waals surface area contributed by atoms with Crippen molar-refractivity contribution in [2.75, 3.05) is 18.4 Å². The molecule has 0 saturated heterocycles. The molecule has 1 heterocycles. The molecular formula is C21H27N3O. The zero-order chi connectivity index (χ0) is 17.5. The molecule has 0 bridgehead atoms. The summed E-state index contributed by atoms with van der Waals surface area (Å²) in [6, 6.07) is 17.1. The van der Waals surface area contributed by atoms with Gasteiger partial charge in [-0.15, -0.1) is 0 Å². The van der Waals surface area contributed by atoms with Crippen LogP contribution >= 0.6 is 0 Å². The van der Waals surface area contributed by atoms with E-state index in [0.717, 1.165) is 49.7 Å². The normalized spacial score (nSPS) is 13.5. The van der Waals surface area contributed by atoms with Crippen LogP contribution in [0, 0.1) is 0 Å². The third-order valence-corrected chi connectivity index (χ3v) is 4.12. The van der Waals surface area contributed by atoms with Gasteiger partial charge in [-0.1, -0.05) is 24.3 Å². The number of benzene rings is 2. The van der Waals surface area contributed by atoms with Crippen molar-refractivity contribution in [3.05, 3.63) is 59.7 Å². The molecule has 0 radical (unpaired) electrons. The second-order valence-corrected chi connectivity index (χ2v) is 6.64. The Morgan fingerprint density at radius 3 is 2.20 bits per heavy atom. The summed E-state index contributed by atoms with van der Waals surface area (Å²) in [5, 5.41) is 6.51. The minimum Gasteiger partial charge on any atom is -0.491 e. The Morgan fingerprint density at radius 2 is 1.64 bits per heavy atom. The van der Waals surface area contributed by atoms with E-state index in [1.807, 2.05) is 13.8 Å². The van der Waals surface area contributed by atoms with Gasteiger partial charge >= 0.3 is 0 Å². The first-order valence-corrected chi connectivity index (χ1v) is 9.09. The average Bonchev–Trinajstić information content (AvgIpc) is 3.11. The first-order chi connectivity index (χ1) is 12.2. The molecule has 0 saturated carbocycles. The summed E-state index contributed by atoms with van der Waals surface area (Å²) < 4.78 is 5.68. The highest BCUT2D eigenvalue weighted by atomic mass is 16.5. The van der Waals surface area contributed by atoms with Crippen LogP contribution in [0.2, 0.25) is 0 Å². The molecule has 1 aliphatic rings. The summed E-state index contributed by atoms with van der Waals surface area (Å²) in [6.07, 6.45) is 3.54. The van der Waals surface area contributed by atoms with E-state index in [2.05, 4.69) is 64.2 Å². The van der Waals surface area contributed by atoms with Crippen molar-refractivity contribution in [1.82, 2.24) is 5.32 Å². The van der Waals surface area contributed by atoms with Gasteiger partial charge in [-0.25, -0.2) is 0 Å². The van der Waals surface area contributed by atoms with E-state index in [0.29, 0.717) is 0 Å². The largest absolute Gasteiger partial charge is 0.491 e. The number of rotatable bonds is 7. The van der Waals surface area contributed by atoms with Gasteiger partial charge in [0.15, 0.2) is 5.96 Å². The van der Waals surface area contributed by atoms with Crippen molar-refractivity contribution in [3.63, 3.8) is 0 Å². The van der Waals surface area contributed by atoms with Gasteiger partial charge in [0.05, 0.1) is 12.6 Å². The lowest BCUT2D eigenvalue weighted by Crippen LogP contribution is -2.26. The fraction of sp³-hybridized carbons (Fsp3) is 0.381. The molecule has 25 heavy (non-hydrogen) atoms. The Bertz CT molecular complexity index is 690. The monoisotopic (exact) mass is 337 g/mol. The van der Waals surface area contributed by atoms with Gasteiger partial charge in [0.25, 0.3) is 0 Å². The summed E-state index contributed by atoms with van der Waals surface area (Å²) in [5.41, 5.74) is 3.81. The zero-order valence-corrected chi connectivity index (χ0v) is 15.1. The number of hydrogen-bond donors (Lipinski definition) is 2. The maximum absolute atomic E-state index is 5.68. The number of aryl methyl sites for hydroxylation is 2. The lowest BCUT2D eigenvalue weighted by Gasteiger charge is -2.10. The van der Waals surface area contributed by atoms with Crippen LogP contribution < -0.4 is 15.4 Å². The SMILES string of the molecule is CC(C)Oc1ccc(CCCc2ccc(NC3=NCCN3)cc2)cc1. The highest BCUT2D eigenvalue weighted by Gasteiger charge is 2.04. The molecule has 0 fully saturated rings. The molecule has 0 aromatic heterocycles. The van der Waals surface area contributed by atoms with Crippen LogP contribution in [0.25, 0.3) is 0 Å². The lowest BCUT2D eigenvalue weighted by atomic mass is 10.0. The highest BCUT2D eigenvalue weighted by molar-refractivity contribution is 5.94. The number of guanidine groups is 1. The van der Waals surface area contributed by atoms with Crippen molar-refractivity contribution >= 4 is 11.6 Å². The number of hydrogen-bond acceptors (Lipinski definition) is 4. The maximum Gasteiger partial charge on any atom is 0.195 e. The smallest absolute Gasteiger partial charge is 0.195 e. The summed E-state index contributed by atoms with van der Waals surface area (Å²) in [5.74, 6) is 1.82. The molecule has 0 aliphatic carbocycles. The van der Waals surface area contributed by atoms with E-state index in [1.54, 1.807) is 0 Å². The van der Waals surface area contributed by atoms with E-state index in [4.69, 9.17) is 4.74 Å². The Hall–Kier alpha value is -2.49. The van der Waals surface area contributed by atoms with Gasteiger partial charge in [0.2, 0.25) is 0 Å². The standard InChI is InChI=1S/C21H27N3O/c1-16(2)25-20-12-8-18(9-13-20)5-3-4-17-6-10-19(11-7-17)24-21-22-14-15-23-21/h6-13,16H,3-5,14-15H2,1-2H3,(H2,22,23,24). The van der Waals surface area contributed by atoms with E-state index < -0.39 is 0 Å². The lowest BCUT2D eigenvalue weighted by molar-refractivity contribution is 0.242. The third kappa shape index (κ3) is 5.52. The van der Waals surface area contributed by atoms with E-state index in [-0.39, 0.29) is 6.10 Å². The number of ether oxygens (including phenoxy) is 1. The van der Waals surface area contributed by atoms with Crippen LogP contribution in [0.1, 0.15) is 31.4 Å². The van der Waals surface area contributed by atoms with Gasteiger partial charge in [-0.3, -0.25) is 4.99 Å². The molecule has 132 valence electrons. The fourth-order valence-electron chi connectivity index (χ4n) is 2.88. The quantitative estimate of drug-likeness (QED) is 0.802. The Morgan fingerprint density at radius 1 is 1.00 bits per heavy atom. The van der Waals surface area contributed by atoms with Crippen LogP contribution in [0.15, 0.2) is 53.5 Å². The number of nitrogens with zero attached hydrogens (tertiary/aromatic N) is 1. The summed E-state index contributed by atoms with van der Waals surface area (Å²) in [4.78, 5) is 4.34. The van der Waals surface area contributed by atoms with Crippen molar-refractivity contribution in [2.45, 2.75) is 39.2 Å². The first-order valence-electron chi connectivity index (χ1n) is 9.09. The van der Waals surface area contributed by atoms with Crippen molar-refractivity contribution in [2.24, 2.45) is 4.99 Å². The van der Waals surface area contributed by atoms with E-state index in [1.165, 1.54) is 11.1 Å². The van der Waals surface area contributed by atoms with Crippen LogP contribution in [0.5, 0.6) is 5.75 Å². The Labute approximate surface area is 150 Å². The molecule has 1 aliphatic heterocycles. The molecule has 2 aromatic carbocycles. The predicted octanol–water partition coefficient (Wildman–Crippen LogP) is 4.02. The van der Waals surface area contributed by atoms with Crippen LogP contribution in [0.3, 0.4) is 0 Å². The minimum atomic E-state index is 0.222. The minimum absolute atomic E-state index is 0.222. The predicted molar refractivity (Wildman–Crippen MR) is 105 cm³/mol. The third-order valence-electron chi connectivity index (χ3n) is 4.12. The highest BCUT2D eigenvalue weighted by Crippen LogP contribution is 2.16. The first kappa shape index (κ1) is 17.3. The van der Waals surface area contributed by atoms with Gasteiger partial charge in [0, 0.05) is 12.2 Å². The van der Waals surface area contributed by atoms with Crippen LogP contribution in [-0.4, -0.2) is 25.2 Å². The molecule has 3 rings (SSSR count). The summed E-state index contributed by atoms with van der Waals surface area (Å²) in [7, 11) is 0. The fourth-order valence-corrected chi connectivity index (χ4v) is 2.88. The summed E-state index contributed by atoms with van der Waals surface area (Å²) >= 11 is 0. The second kappa shape index (κ2) is 8.56. The van der Waals surface area contributed by atoms with E-state index in [9.17, 15) is 0 Å². The van der Waals surface area contributed by atoms with Gasteiger partial charge in [0.1, 0.15) is 5.75 Å². The molecule has 0 atom stereocenters. The Balaban J connectivity index is 1.43. The topological polar surface area (TPSA) is 45.6 Å². The van der Waals surface area contributed by atoms with Crippen LogP contribution in [0.4, 0.5) is 5.69 Å². The molecule has 4 heteroatoms. The van der Waals surface area contributed by atoms with Crippen LogP contribution in [-0.2, 0) is 12.8 Å². The molecule has 4 nitrogen and oxygen atoms in total. The van der Waals surface area contributed by atoms with Gasteiger partial charge in [-0.05, 0) is 68.5 Å². The van der Waals surface area contributed by atoms with Crippen molar-refractivity contribution < 1.29 is 4.74 Å². The van der Waals surface area contributed by atoms with Crippen molar-refractivity contribution in [1.29, 1.82) is 0 Å². The number of aliphatic imine (C=N–C) groups is 1. The van der Waals surface area contributed by atoms with Crippen molar-refractivity contribution in [3.8, 4) is 5.75 Å². The molecule has 0 amide bonds. The molecular weight excluding hydrogens is 310 g/mol. The zero-order valence-electron chi connectivity index (χ0n) is 15.1. The second-order valence-electron chi connectivity index (χ2n) is 6.64. The summed E-state index contributed by atoms with van der Waals surface area (Å²) in [6.45, 7) is 5.87. The average molecular weight is 337 g/mol. The van der Waals surface area contributed by atoms with E-state index >= 15 is 0 Å². The van der Waals surface area contributed by atoms with Gasteiger partial charge in [-0.2, -0.15) is 0 Å². The molecule has 2 N–H and O–H groups in total. The Kier molecular flexibility index (Phi) is 5.94. The molecule has 2 aromatic rings.